The summed E-state index contributed by atoms with van der Waals surface area (Å²) in [5.74, 6) is 1.22. The topological polar surface area (TPSA) is 57.9 Å². The van der Waals surface area contributed by atoms with Gasteiger partial charge < -0.3 is 10.1 Å². The zero-order valence-electron chi connectivity index (χ0n) is 13.9. The van der Waals surface area contributed by atoms with Crippen LogP contribution in [0.4, 0.5) is 11.5 Å². The molecule has 0 amide bonds. The number of methoxy groups -OCH3 is 1. The standard InChI is InChI=1S/C20H16ClN3O/c1-13-6-3-4-9-17(13)23-18-11-15(12-22)19(20(21)24-18)14-7-5-8-16(10-14)25-2/h3-11H,1-2H3,(H,23,24). The molecule has 0 atom stereocenters. The van der Waals surface area contributed by atoms with Gasteiger partial charge in [-0.25, -0.2) is 4.98 Å². The SMILES string of the molecule is COc1cccc(-c2c(C#N)cc(Nc3ccccc3C)nc2Cl)c1. The Bertz CT molecular complexity index is 963. The van der Waals surface area contributed by atoms with E-state index >= 15 is 0 Å². The number of halogens is 1. The van der Waals surface area contributed by atoms with Gasteiger partial charge in [-0.3, -0.25) is 0 Å². The Labute approximate surface area is 151 Å². The van der Waals surface area contributed by atoms with Crippen molar-refractivity contribution < 1.29 is 4.74 Å². The zero-order chi connectivity index (χ0) is 17.8. The van der Waals surface area contributed by atoms with Crippen LogP contribution in [-0.2, 0) is 0 Å². The summed E-state index contributed by atoms with van der Waals surface area (Å²) in [5, 5.41) is 13.1. The number of pyridine rings is 1. The number of anilines is 2. The van der Waals surface area contributed by atoms with E-state index in [1.54, 1.807) is 13.2 Å². The van der Waals surface area contributed by atoms with Crippen molar-refractivity contribution in [1.29, 1.82) is 5.26 Å². The van der Waals surface area contributed by atoms with Gasteiger partial charge in [0.25, 0.3) is 0 Å². The zero-order valence-corrected chi connectivity index (χ0v) is 14.6. The molecule has 3 rings (SSSR count). The Morgan fingerprint density at radius 3 is 2.64 bits per heavy atom. The van der Waals surface area contributed by atoms with Crippen LogP contribution in [0.3, 0.4) is 0 Å². The van der Waals surface area contributed by atoms with Crippen molar-refractivity contribution in [2.24, 2.45) is 0 Å². The molecule has 0 saturated carbocycles. The summed E-state index contributed by atoms with van der Waals surface area (Å²) in [4.78, 5) is 4.41. The summed E-state index contributed by atoms with van der Waals surface area (Å²) >= 11 is 6.41. The van der Waals surface area contributed by atoms with Gasteiger partial charge in [-0.05, 0) is 42.3 Å². The number of nitrogens with zero attached hydrogens (tertiary/aromatic N) is 2. The van der Waals surface area contributed by atoms with E-state index in [0.717, 1.165) is 16.8 Å². The smallest absolute Gasteiger partial charge is 0.140 e. The largest absolute Gasteiger partial charge is 0.497 e. The van der Waals surface area contributed by atoms with Gasteiger partial charge in [0.15, 0.2) is 0 Å². The third kappa shape index (κ3) is 3.57. The fourth-order valence-corrected chi connectivity index (χ4v) is 2.87. The quantitative estimate of drug-likeness (QED) is 0.646. The lowest BCUT2D eigenvalue weighted by atomic mass is 10.0. The summed E-state index contributed by atoms with van der Waals surface area (Å²) in [5.41, 5.74) is 3.83. The van der Waals surface area contributed by atoms with Crippen LogP contribution in [0.5, 0.6) is 5.75 Å². The molecule has 4 nitrogen and oxygen atoms in total. The highest BCUT2D eigenvalue weighted by molar-refractivity contribution is 6.32. The molecule has 3 aromatic rings. The van der Waals surface area contributed by atoms with E-state index in [2.05, 4.69) is 16.4 Å². The number of aromatic nitrogens is 1. The molecule has 0 spiro atoms. The van der Waals surface area contributed by atoms with E-state index in [4.69, 9.17) is 16.3 Å². The van der Waals surface area contributed by atoms with Crippen LogP contribution in [0.1, 0.15) is 11.1 Å². The highest BCUT2D eigenvalue weighted by Crippen LogP contribution is 2.34. The lowest BCUT2D eigenvalue weighted by Crippen LogP contribution is -1.99. The first-order valence-corrected chi connectivity index (χ1v) is 8.08. The van der Waals surface area contributed by atoms with Gasteiger partial charge in [0.1, 0.15) is 22.8 Å². The van der Waals surface area contributed by atoms with Gasteiger partial charge in [-0.2, -0.15) is 5.26 Å². The monoisotopic (exact) mass is 349 g/mol. The summed E-state index contributed by atoms with van der Waals surface area (Å²) in [7, 11) is 1.60. The van der Waals surface area contributed by atoms with Crippen molar-refractivity contribution in [3.63, 3.8) is 0 Å². The fraction of sp³-hybridized carbons (Fsp3) is 0.100. The number of aryl methyl sites for hydroxylation is 1. The second-order valence-electron chi connectivity index (χ2n) is 5.50. The number of para-hydroxylation sites is 1. The highest BCUT2D eigenvalue weighted by Gasteiger charge is 2.14. The number of nitriles is 1. The first-order chi connectivity index (χ1) is 12.1. The average molecular weight is 350 g/mol. The predicted molar refractivity (Wildman–Crippen MR) is 100 cm³/mol. The van der Waals surface area contributed by atoms with Crippen molar-refractivity contribution >= 4 is 23.1 Å². The number of hydrogen-bond donors (Lipinski definition) is 1. The van der Waals surface area contributed by atoms with Gasteiger partial charge in [-0.15, -0.1) is 0 Å². The van der Waals surface area contributed by atoms with Gasteiger partial charge in [0, 0.05) is 11.3 Å². The van der Waals surface area contributed by atoms with Crippen LogP contribution in [0, 0.1) is 18.3 Å². The number of hydrogen-bond acceptors (Lipinski definition) is 4. The summed E-state index contributed by atoms with van der Waals surface area (Å²) in [6.45, 7) is 2.00. The van der Waals surface area contributed by atoms with E-state index < -0.39 is 0 Å². The molecule has 124 valence electrons. The lowest BCUT2D eigenvalue weighted by Gasteiger charge is -2.13. The maximum Gasteiger partial charge on any atom is 0.140 e. The minimum atomic E-state index is 0.267. The molecule has 0 unspecified atom stereocenters. The molecule has 0 bridgehead atoms. The van der Waals surface area contributed by atoms with Crippen molar-refractivity contribution in [1.82, 2.24) is 4.98 Å². The molecule has 5 heteroatoms. The highest BCUT2D eigenvalue weighted by atomic mass is 35.5. The minimum absolute atomic E-state index is 0.267. The third-order valence-corrected chi connectivity index (χ3v) is 4.14. The normalized spacial score (nSPS) is 10.2. The molecule has 1 aromatic heterocycles. The van der Waals surface area contributed by atoms with E-state index in [0.29, 0.717) is 22.7 Å². The Hall–Kier alpha value is -3.03. The van der Waals surface area contributed by atoms with Gasteiger partial charge in [0.2, 0.25) is 0 Å². The summed E-state index contributed by atoms with van der Waals surface area (Å²) in [6, 6.07) is 19.2. The van der Waals surface area contributed by atoms with E-state index in [1.165, 1.54) is 0 Å². The molecule has 0 aliphatic rings. The maximum absolute atomic E-state index is 9.58. The lowest BCUT2D eigenvalue weighted by molar-refractivity contribution is 0.415. The van der Waals surface area contributed by atoms with Crippen molar-refractivity contribution in [3.05, 3.63) is 70.9 Å². The number of benzene rings is 2. The van der Waals surface area contributed by atoms with Gasteiger partial charge in [-0.1, -0.05) is 41.9 Å². The molecule has 25 heavy (non-hydrogen) atoms. The average Bonchev–Trinajstić information content (AvgIpc) is 2.63. The first kappa shape index (κ1) is 16.8. The fourth-order valence-electron chi connectivity index (χ4n) is 2.57. The van der Waals surface area contributed by atoms with Crippen molar-refractivity contribution in [2.75, 3.05) is 12.4 Å². The van der Waals surface area contributed by atoms with Crippen LogP contribution in [0.25, 0.3) is 11.1 Å². The first-order valence-electron chi connectivity index (χ1n) is 7.70. The molecule has 0 aliphatic carbocycles. The maximum atomic E-state index is 9.58. The van der Waals surface area contributed by atoms with Gasteiger partial charge in [0.05, 0.1) is 12.7 Å². The summed E-state index contributed by atoms with van der Waals surface area (Å²) < 4.78 is 5.25. The molecular formula is C20H16ClN3O. The molecule has 2 aromatic carbocycles. The second-order valence-corrected chi connectivity index (χ2v) is 5.86. The predicted octanol–water partition coefficient (Wildman–Crippen LogP) is 5.33. The van der Waals surface area contributed by atoms with Crippen molar-refractivity contribution in [2.45, 2.75) is 6.92 Å². The summed E-state index contributed by atoms with van der Waals surface area (Å²) in [6.07, 6.45) is 0. The number of nitrogens with one attached hydrogen (secondary N) is 1. The van der Waals surface area contributed by atoms with Crippen LogP contribution in [0.15, 0.2) is 54.6 Å². The Morgan fingerprint density at radius 2 is 1.92 bits per heavy atom. The molecule has 0 aliphatic heterocycles. The molecule has 0 saturated heterocycles. The van der Waals surface area contributed by atoms with E-state index in [1.807, 2.05) is 55.5 Å². The Morgan fingerprint density at radius 1 is 1.12 bits per heavy atom. The number of ether oxygens (including phenoxy) is 1. The molecule has 0 fully saturated rings. The Balaban J connectivity index is 2.05. The molecule has 0 radical (unpaired) electrons. The van der Waals surface area contributed by atoms with E-state index in [-0.39, 0.29) is 5.15 Å². The molecular weight excluding hydrogens is 334 g/mol. The second kappa shape index (κ2) is 7.25. The molecule has 1 N–H and O–H groups in total. The molecule has 1 heterocycles. The van der Waals surface area contributed by atoms with Crippen LogP contribution >= 0.6 is 11.6 Å². The van der Waals surface area contributed by atoms with E-state index in [9.17, 15) is 5.26 Å². The van der Waals surface area contributed by atoms with Crippen LogP contribution in [-0.4, -0.2) is 12.1 Å². The van der Waals surface area contributed by atoms with Gasteiger partial charge >= 0.3 is 0 Å². The van der Waals surface area contributed by atoms with Crippen molar-refractivity contribution in [3.8, 4) is 22.9 Å². The van der Waals surface area contributed by atoms with Crippen LogP contribution in [0.2, 0.25) is 5.15 Å². The number of rotatable bonds is 4. The third-order valence-electron chi connectivity index (χ3n) is 3.86. The Kier molecular flexibility index (Phi) is 4.87. The van der Waals surface area contributed by atoms with Crippen LogP contribution < -0.4 is 10.1 Å². The minimum Gasteiger partial charge on any atom is -0.497 e.